The van der Waals surface area contributed by atoms with Gasteiger partial charge >= 0.3 is 0 Å². The fraction of sp³-hybridized carbons (Fsp3) is 0.600. The van der Waals surface area contributed by atoms with Gasteiger partial charge in [0.05, 0.1) is 18.6 Å². The standard InChI is InChI=1S/C15H21ClF2O3/c1-3-20-13-6-5-11(9-14(13)21-4-2)12(16)7-8-19-10-15(17)18/h5-6,9,12,15H,3-4,7-8,10H2,1-2H3. The van der Waals surface area contributed by atoms with E-state index >= 15 is 0 Å². The Morgan fingerprint density at radius 2 is 1.76 bits per heavy atom. The van der Waals surface area contributed by atoms with E-state index in [9.17, 15) is 8.78 Å². The van der Waals surface area contributed by atoms with E-state index in [-0.39, 0.29) is 12.0 Å². The van der Waals surface area contributed by atoms with Crippen LogP contribution < -0.4 is 9.47 Å². The normalized spacial score (nSPS) is 12.5. The van der Waals surface area contributed by atoms with E-state index in [0.717, 1.165) is 5.56 Å². The topological polar surface area (TPSA) is 27.7 Å². The molecule has 0 aliphatic rings. The van der Waals surface area contributed by atoms with E-state index in [0.29, 0.717) is 31.1 Å². The third-order valence-corrected chi connectivity index (χ3v) is 3.16. The van der Waals surface area contributed by atoms with E-state index in [2.05, 4.69) is 0 Å². The zero-order chi connectivity index (χ0) is 15.7. The summed E-state index contributed by atoms with van der Waals surface area (Å²) in [6.45, 7) is 4.49. The molecule has 1 atom stereocenters. The molecular weight excluding hydrogens is 302 g/mol. The van der Waals surface area contributed by atoms with Gasteiger partial charge in [0.2, 0.25) is 0 Å². The smallest absolute Gasteiger partial charge is 0.261 e. The summed E-state index contributed by atoms with van der Waals surface area (Å²) in [5.41, 5.74) is 0.851. The lowest BCUT2D eigenvalue weighted by molar-refractivity contribution is 0.0165. The van der Waals surface area contributed by atoms with Crippen LogP contribution in [0.15, 0.2) is 18.2 Å². The first kappa shape index (κ1) is 18.0. The van der Waals surface area contributed by atoms with Gasteiger partial charge < -0.3 is 14.2 Å². The van der Waals surface area contributed by atoms with E-state index in [4.69, 9.17) is 25.8 Å². The zero-order valence-corrected chi connectivity index (χ0v) is 13.0. The molecule has 0 radical (unpaired) electrons. The minimum Gasteiger partial charge on any atom is -0.490 e. The van der Waals surface area contributed by atoms with Crippen LogP contribution in [0.25, 0.3) is 0 Å². The van der Waals surface area contributed by atoms with Crippen molar-refractivity contribution in [1.82, 2.24) is 0 Å². The summed E-state index contributed by atoms with van der Waals surface area (Å²) in [6, 6.07) is 5.47. The zero-order valence-electron chi connectivity index (χ0n) is 12.3. The summed E-state index contributed by atoms with van der Waals surface area (Å²) >= 11 is 6.26. The van der Waals surface area contributed by atoms with Crippen molar-refractivity contribution in [3.8, 4) is 11.5 Å². The first-order valence-corrected chi connectivity index (χ1v) is 7.41. The molecule has 0 fully saturated rings. The van der Waals surface area contributed by atoms with Gasteiger partial charge in [0.1, 0.15) is 6.61 Å². The summed E-state index contributed by atoms with van der Waals surface area (Å²) in [5, 5.41) is -0.322. The Bertz CT molecular complexity index is 416. The Morgan fingerprint density at radius 3 is 2.38 bits per heavy atom. The molecule has 1 aromatic rings. The monoisotopic (exact) mass is 322 g/mol. The van der Waals surface area contributed by atoms with Gasteiger partial charge in [0.25, 0.3) is 6.43 Å². The fourth-order valence-corrected chi connectivity index (χ4v) is 2.01. The summed E-state index contributed by atoms with van der Waals surface area (Å²) in [6.07, 6.45) is -2.00. The molecule has 3 nitrogen and oxygen atoms in total. The van der Waals surface area contributed by atoms with Crippen molar-refractivity contribution in [3.05, 3.63) is 23.8 Å². The lowest BCUT2D eigenvalue weighted by Crippen LogP contribution is -2.07. The van der Waals surface area contributed by atoms with Crippen molar-refractivity contribution in [1.29, 1.82) is 0 Å². The van der Waals surface area contributed by atoms with Crippen molar-refractivity contribution in [3.63, 3.8) is 0 Å². The molecule has 1 unspecified atom stereocenters. The Morgan fingerprint density at radius 1 is 1.10 bits per heavy atom. The third kappa shape index (κ3) is 6.48. The predicted molar refractivity (Wildman–Crippen MR) is 78.8 cm³/mol. The maximum atomic E-state index is 11.9. The highest BCUT2D eigenvalue weighted by molar-refractivity contribution is 6.20. The maximum Gasteiger partial charge on any atom is 0.261 e. The third-order valence-electron chi connectivity index (χ3n) is 2.69. The lowest BCUT2D eigenvalue weighted by Gasteiger charge is -2.15. The lowest BCUT2D eigenvalue weighted by atomic mass is 10.1. The average molecular weight is 323 g/mol. The van der Waals surface area contributed by atoms with Crippen LogP contribution in [0.3, 0.4) is 0 Å². The van der Waals surface area contributed by atoms with Crippen LogP contribution in [0.1, 0.15) is 31.2 Å². The number of hydrogen-bond acceptors (Lipinski definition) is 3. The second-order valence-corrected chi connectivity index (χ2v) is 4.82. The van der Waals surface area contributed by atoms with E-state index < -0.39 is 13.0 Å². The van der Waals surface area contributed by atoms with Crippen molar-refractivity contribution in [2.24, 2.45) is 0 Å². The Labute approximate surface area is 129 Å². The Hall–Kier alpha value is -1.07. The Balaban J connectivity index is 2.62. The molecule has 0 amide bonds. The maximum absolute atomic E-state index is 11.9. The molecular formula is C15H21ClF2O3. The molecule has 120 valence electrons. The van der Waals surface area contributed by atoms with Gasteiger partial charge in [-0.15, -0.1) is 11.6 Å². The highest BCUT2D eigenvalue weighted by Crippen LogP contribution is 2.33. The van der Waals surface area contributed by atoms with Gasteiger partial charge in [0, 0.05) is 6.61 Å². The Kier molecular flexibility index (Phi) is 8.38. The number of alkyl halides is 3. The van der Waals surface area contributed by atoms with Crippen LogP contribution in [0.2, 0.25) is 0 Å². The van der Waals surface area contributed by atoms with Gasteiger partial charge in [-0.25, -0.2) is 8.78 Å². The first-order valence-electron chi connectivity index (χ1n) is 6.98. The molecule has 1 rings (SSSR count). The van der Waals surface area contributed by atoms with Crippen molar-refractivity contribution >= 4 is 11.6 Å². The largest absolute Gasteiger partial charge is 0.490 e. The number of hydrogen-bond donors (Lipinski definition) is 0. The molecule has 0 aliphatic carbocycles. The molecule has 0 spiro atoms. The highest BCUT2D eigenvalue weighted by Gasteiger charge is 2.13. The van der Waals surface area contributed by atoms with Gasteiger partial charge in [-0.2, -0.15) is 0 Å². The SMILES string of the molecule is CCOc1ccc(C(Cl)CCOCC(F)F)cc1OCC. The minimum absolute atomic E-state index is 0.190. The van der Waals surface area contributed by atoms with Crippen LogP contribution in [0, 0.1) is 0 Å². The first-order chi connectivity index (χ1) is 10.1. The van der Waals surface area contributed by atoms with Crippen molar-refractivity contribution < 1.29 is 23.0 Å². The minimum atomic E-state index is -2.45. The van der Waals surface area contributed by atoms with Gasteiger partial charge in [-0.05, 0) is 38.0 Å². The summed E-state index contributed by atoms with van der Waals surface area (Å²) < 4.78 is 39.7. The molecule has 0 bridgehead atoms. The molecule has 0 aromatic heterocycles. The molecule has 0 saturated carbocycles. The number of halogens is 3. The van der Waals surface area contributed by atoms with Crippen LogP contribution in [0.5, 0.6) is 11.5 Å². The number of rotatable bonds is 10. The van der Waals surface area contributed by atoms with E-state index in [1.165, 1.54) is 0 Å². The van der Waals surface area contributed by atoms with Crippen LogP contribution in [-0.2, 0) is 4.74 Å². The summed E-state index contributed by atoms with van der Waals surface area (Å²) in [7, 11) is 0. The second-order valence-electron chi connectivity index (χ2n) is 4.29. The van der Waals surface area contributed by atoms with E-state index in [1.807, 2.05) is 26.0 Å². The van der Waals surface area contributed by atoms with Gasteiger partial charge in [-0.1, -0.05) is 6.07 Å². The van der Waals surface area contributed by atoms with Crippen molar-refractivity contribution in [2.75, 3.05) is 26.4 Å². The van der Waals surface area contributed by atoms with Crippen LogP contribution in [-0.4, -0.2) is 32.9 Å². The molecule has 0 saturated heterocycles. The highest BCUT2D eigenvalue weighted by atomic mass is 35.5. The molecule has 1 aromatic carbocycles. The predicted octanol–water partition coefficient (Wildman–Crippen LogP) is 4.44. The quantitative estimate of drug-likeness (QED) is 0.471. The van der Waals surface area contributed by atoms with Crippen LogP contribution >= 0.6 is 11.6 Å². The van der Waals surface area contributed by atoms with E-state index in [1.54, 1.807) is 6.07 Å². The molecule has 0 N–H and O–H groups in total. The second kappa shape index (κ2) is 9.79. The molecule has 6 heteroatoms. The molecule has 21 heavy (non-hydrogen) atoms. The number of ether oxygens (including phenoxy) is 3. The fourth-order valence-electron chi connectivity index (χ4n) is 1.79. The van der Waals surface area contributed by atoms with Gasteiger partial charge in [0.15, 0.2) is 11.5 Å². The van der Waals surface area contributed by atoms with Crippen molar-refractivity contribution in [2.45, 2.75) is 32.1 Å². The molecule has 0 aliphatic heterocycles. The summed E-state index contributed by atoms with van der Waals surface area (Å²) in [4.78, 5) is 0. The molecule has 0 heterocycles. The number of benzene rings is 1. The van der Waals surface area contributed by atoms with Gasteiger partial charge in [-0.3, -0.25) is 0 Å². The van der Waals surface area contributed by atoms with Crippen LogP contribution in [0.4, 0.5) is 8.78 Å². The average Bonchev–Trinajstić information content (AvgIpc) is 2.45. The summed E-state index contributed by atoms with van der Waals surface area (Å²) in [5.74, 6) is 1.30.